The van der Waals surface area contributed by atoms with Gasteiger partial charge in [-0.1, -0.05) is 49.2 Å². The Labute approximate surface area is 197 Å². The highest BCUT2D eigenvalue weighted by atomic mass is 16.5. The van der Waals surface area contributed by atoms with Gasteiger partial charge in [0.25, 0.3) is 0 Å². The van der Waals surface area contributed by atoms with Crippen LogP contribution in [0.1, 0.15) is 42.4 Å². The number of ether oxygens (including phenoxy) is 3. The van der Waals surface area contributed by atoms with Crippen molar-refractivity contribution < 1.29 is 14.2 Å². The van der Waals surface area contributed by atoms with E-state index in [1.165, 1.54) is 0 Å². The molecule has 176 valence electrons. The molecule has 0 aromatic heterocycles. The topological polar surface area (TPSA) is 65.7 Å². The predicted octanol–water partition coefficient (Wildman–Crippen LogP) is 5.11. The molecule has 0 spiro atoms. The molecule has 0 heterocycles. The zero-order valence-corrected chi connectivity index (χ0v) is 20.0. The molecule has 0 bridgehead atoms. The van der Waals surface area contributed by atoms with Gasteiger partial charge in [0, 0.05) is 0 Å². The molecule has 0 aliphatic carbocycles. The van der Waals surface area contributed by atoms with Gasteiger partial charge in [0.15, 0.2) is 0 Å². The van der Waals surface area contributed by atoms with Crippen LogP contribution in [0.2, 0.25) is 0 Å². The molecule has 3 aromatic rings. The number of unbranched alkanes of at least 4 members (excludes halogenated alkanes) is 3. The second-order valence-corrected chi connectivity index (χ2v) is 8.07. The summed E-state index contributed by atoms with van der Waals surface area (Å²) in [7, 11) is 5.07. The van der Waals surface area contributed by atoms with E-state index in [1.807, 2.05) is 36.4 Å². The molecule has 5 nitrogen and oxygen atoms in total. The summed E-state index contributed by atoms with van der Waals surface area (Å²) in [5.41, 5.74) is 8.54. The largest absolute Gasteiger partial charge is 0.497 e. The fourth-order valence-electron chi connectivity index (χ4n) is 4.23. The van der Waals surface area contributed by atoms with Crippen molar-refractivity contribution in [2.24, 2.45) is 5.73 Å². The molecule has 3 N–H and O–H groups in total. The minimum atomic E-state index is -0.543. The zero-order chi connectivity index (χ0) is 23.5. The van der Waals surface area contributed by atoms with E-state index in [-0.39, 0.29) is 0 Å². The van der Waals surface area contributed by atoms with Crippen LogP contribution in [0, 0.1) is 0 Å². The van der Waals surface area contributed by atoms with E-state index in [0.29, 0.717) is 0 Å². The molecule has 3 rings (SSSR count). The van der Waals surface area contributed by atoms with Crippen LogP contribution in [-0.4, -0.2) is 34.4 Å². The number of nitrogens with one attached hydrogen (secondary N) is 1. The highest BCUT2D eigenvalue weighted by Gasteiger charge is 2.36. The minimum Gasteiger partial charge on any atom is -0.497 e. The van der Waals surface area contributed by atoms with Crippen molar-refractivity contribution >= 4 is 0 Å². The van der Waals surface area contributed by atoms with Crippen molar-refractivity contribution in [2.75, 3.05) is 34.4 Å². The monoisotopic (exact) mass is 448 g/mol. The Kier molecular flexibility index (Phi) is 9.16. The number of methoxy groups -OCH3 is 3. The van der Waals surface area contributed by atoms with Crippen molar-refractivity contribution in [3.8, 4) is 17.2 Å². The molecule has 0 aliphatic rings. The first-order chi connectivity index (χ1) is 16.2. The molecule has 0 saturated heterocycles. The van der Waals surface area contributed by atoms with E-state index < -0.39 is 5.54 Å². The van der Waals surface area contributed by atoms with Crippen LogP contribution in [-0.2, 0) is 5.54 Å². The third kappa shape index (κ3) is 5.86. The molecule has 0 radical (unpaired) electrons. The maximum Gasteiger partial charge on any atom is 0.118 e. The van der Waals surface area contributed by atoms with E-state index in [0.717, 1.165) is 72.7 Å². The maximum absolute atomic E-state index is 5.67. The highest BCUT2D eigenvalue weighted by molar-refractivity contribution is 5.52. The normalized spacial score (nSPS) is 11.3. The first-order valence-electron chi connectivity index (χ1n) is 11.6. The number of nitrogens with two attached hydrogens (primary N) is 1. The lowest BCUT2D eigenvalue weighted by Crippen LogP contribution is -2.45. The van der Waals surface area contributed by atoms with Crippen LogP contribution in [0.3, 0.4) is 0 Å². The molecule has 33 heavy (non-hydrogen) atoms. The first kappa shape index (κ1) is 24.6. The van der Waals surface area contributed by atoms with E-state index in [4.69, 9.17) is 19.9 Å². The summed E-state index contributed by atoms with van der Waals surface area (Å²) in [5, 5.41) is 3.92. The number of rotatable bonds is 13. The van der Waals surface area contributed by atoms with Gasteiger partial charge in [0.2, 0.25) is 0 Å². The molecular weight excluding hydrogens is 412 g/mol. The number of hydrogen-bond acceptors (Lipinski definition) is 5. The predicted molar refractivity (Wildman–Crippen MR) is 134 cm³/mol. The Morgan fingerprint density at radius 1 is 0.576 bits per heavy atom. The summed E-state index contributed by atoms with van der Waals surface area (Å²) in [4.78, 5) is 0. The summed E-state index contributed by atoms with van der Waals surface area (Å²) in [6.45, 7) is 1.62. The van der Waals surface area contributed by atoms with Crippen molar-refractivity contribution in [1.82, 2.24) is 5.32 Å². The number of benzene rings is 3. The molecule has 3 aromatic carbocycles. The Bertz CT molecular complexity index is 838. The van der Waals surface area contributed by atoms with Gasteiger partial charge in [-0.25, -0.2) is 0 Å². The van der Waals surface area contributed by atoms with E-state index >= 15 is 0 Å². The SMILES string of the molecule is COc1ccc(C(NCCCCCCN)(c2ccc(OC)cc2)c2ccc(OC)cc2)cc1. The molecule has 0 atom stereocenters. The smallest absolute Gasteiger partial charge is 0.118 e. The molecule has 0 unspecified atom stereocenters. The molecule has 5 heteroatoms. The van der Waals surface area contributed by atoms with Gasteiger partial charge < -0.3 is 19.9 Å². The van der Waals surface area contributed by atoms with Crippen LogP contribution in [0.4, 0.5) is 0 Å². The van der Waals surface area contributed by atoms with Gasteiger partial charge in [-0.15, -0.1) is 0 Å². The molecular formula is C28H36N2O3. The molecule has 0 aliphatic heterocycles. The Morgan fingerprint density at radius 2 is 0.939 bits per heavy atom. The summed E-state index contributed by atoms with van der Waals surface area (Å²) < 4.78 is 16.3. The summed E-state index contributed by atoms with van der Waals surface area (Å²) in [5.74, 6) is 2.50. The Hall–Kier alpha value is -3.02. The lowest BCUT2D eigenvalue weighted by molar-refractivity contribution is 0.410. The van der Waals surface area contributed by atoms with Crippen LogP contribution < -0.4 is 25.3 Å². The Balaban J connectivity index is 2.08. The maximum atomic E-state index is 5.67. The standard InChI is InChI=1S/C28H36N2O3/c1-31-25-14-8-22(9-15-25)28(30-21-7-5-4-6-20-29,23-10-16-26(32-2)17-11-23)24-12-18-27(33-3)19-13-24/h8-19,30H,4-7,20-21,29H2,1-3H3. The molecule has 0 saturated carbocycles. The van der Waals surface area contributed by atoms with Gasteiger partial charge in [0.1, 0.15) is 17.2 Å². The van der Waals surface area contributed by atoms with Crippen molar-refractivity contribution in [1.29, 1.82) is 0 Å². The second-order valence-electron chi connectivity index (χ2n) is 8.07. The van der Waals surface area contributed by atoms with Crippen molar-refractivity contribution in [2.45, 2.75) is 31.2 Å². The van der Waals surface area contributed by atoms with E-state index in [1.54, 1.807) is 21.3 Å². The lowest BCUT2D eigenvalue weighted by atomic mass is 9.76. The fourth-order valence-corrected chi connectivity index (χ4v) is 4.23. The fraction of sp³-hybridized carbons (Fsp3) is 0.357. The van der Waals surface area contributed by atoms with Crippen LogP contribution >= 0.6 is 0 Å². The average molecular weight is 449 g/mol. The van der Waals surface area contributed by atoms with Gasteiger partial charge in [0.05, 0.1) is 26.9 Å². The van der Waals surface area contributed by atoms with Gasteiger partial charge in [-0.2, -0.15) is 0 Å². The van der Waals surface area contributed by atoms with Crippen molar-refractivity contribution in [3.63, 3.8) is 0 Å². The second kappa shape index (κ2) is 12.3. The summed E-state index contributed by atoms with van der Waals surface area (Å²) >= 11 is 0. The van der Waals surface area contributed by atoms with Gasteiger partial charge in [-0.05, 0) is 79.0 Å². The van der Waals surface area contributed by atoms with Gasteiger partial charge >= 0.3 is 0 Å². The molecule has 0 fully saturated rings. The summed E-state index contributed by atoms with van der Waals surface area (Å²) in [6, 6.07) is 24.9. The third-order valence-electron chi connectivity index (χ3n) is 6.09. The summed E-state index contributed by atoms with van der Waals surface area (Å²) in [6.07, 6.45) is 4.44. The molecule has 0 amide bonds. The average Bonchev–Trinajstić information content (AvgIpc) is 2.89. The van der Waals surface area contributed by atoms with Crippen molar-refractivity contribution in [3.05, 3.63) is 89.5 Å². The Morgan fingerprint density at radius 3 is 1.27 bits per heavy atom. The highest BCUT2D eigenvalue weighted by Crippen LogP contribution is 2.39. The van der Waals surface area contributed by atoms with Crippen LogP contribution in [0.15, 0.2) is 72.8 Å². The van der Waals surface area contributed by atoms with E-state index in [9.17, 15) is 0 Å². The van der Waals surface area contributed by atoms with Gasteiger partial charge in [-0.3, -0.25) is 5.32 Å². The zero-order valence-electron chi connectivity index (χ0n) is 20.0. The number of hydrogen-bond donors (Lipinski definition) is 2. The first-order valence-corrected chi connectivity index (χ1v) is 11.6. The quantitative estimate of drug-likeness (QED) is 0.281. The van der Waals surface area contributed by atoms with Crippen LogP contribution in [0.25, 0.3) is 0 Å². The van der Waals surface area contributed by atoms with E-state index in [2.05, 4.69) is 41.7 Å². The minimum absolute atomic E-state index is 0.543. The third-order valence-corrected chi connectivity index (χ3v) is 6.09. The lowest BCUT2D eigenvalue weighted by Gasteiger charge is -2.37. The van der Waals surface area contributed by atoms with Crippen LogP contribution in [0.5, 0.6) is 17.2 Å².